The topological polar surface area (TPSA) is 41.6 Å². The van der Waals surface area contributed by atoms with Gasteiger partial charge in [-0.25, -0.2) is 4.79 Å². The van der Waals surface area contributed by atoms with Crippen molar-refractivity contribution in [3.05, 3.63) is 59.7 Å². The zero-order valence-corrected chi connectivity index (χ0v) is 19.4. The van der Waals surface area contributed by atoms with Gasteiger partial charge in [-0.2, -0.15) is 0 Å². The second-order valence-electron chi connectivity index (χ2n) is 8.78. The van der Waals surface area contributed by atoms with E-state index in [0.29, 0.717) is 23.5 Å². The molecule has 1 fully saturated rings. The molecule has 4 nitrogen and oxygen atoms in total. The summed E-state index contributed by atoms with van der Waals surface area (Å²) < 4.78 is 5.58. The number of carbonyl (C=O) groups excluding carboxylic acids is 1. The third-order valence-corrected chi connectivity index (χ3v) is 5.83. The Labute approximate surface area is 187 Å². The van der Waals surface area contributed by atoms with E-state index in [0.717, 1.165) is 12.2 Å². The highest BCUT2D eigenvalue weighted by Gasteiger charge is 2.27. The first-order valence-corrected chi connectivity index (χ1v) is 10.8. The molecule has 30 heavy (non-hydrogen) atoms. The fraction of sp³-hybridized carbons (Fsp3) is 0.480. The second-order valence-corrected chi connectivity index (χ2v) is 8.78. The highest BCUT2D eigenvalue weighted by atomic mass is 35.5. The third-order valence-electron chi connectivity index (χ3n) is 5.83. The van der Waals surface area contributed by atoms with Crippen LogP contribution in [-0.2, 0) is 0 Å². The van der Waals surface area contributed by atoms with Crippen LogP contribution in [0.5, 0.6) is 5.75 Å². The lowest BCUT2D eigenvalue weighted by Crippen LogP contribution is -2.29. The summed E-state index contributed by atoms with van der Waals surface area (Å²) in [5, 5.41) is 2.82. The molecule has 3 rings (SSSR count). The lowest BCUT2D eigenvalue weighted by Gasteiger charge is -2.34. The Morgan fingerprint density at radius 3 is 2.47 bits per heavy atom. The van der Waals surface area contributed by atoms with Gasteiger partial charge >= 0.3 is 6.09 Å². The smallest absolute Gasteiger partial charge is 0.410 e. The van der Waals surface area contributed by atoms with Gasteiger partial charge in [0.15, 0.2) is 0 Å². The van der Waals surface area contributed by atoms with Gasteiger partial charge in [-0.1, -0.05) is 51.0 Å². The predicted molar refractivity (Wildman–Crippen MR) is 127 cm³/mol. The zero-order valence-electron chi connectivity index (χ0n) is 18.6. The number of hydrogen-bond donors (Lipinski definition) is 1. The maximum absolute atomic E-state index is 12.4. The van der Waals surface area contributed by atoms with Crippen LogP contribution in [-0.4, -0.2) is 31.6 Å². The molecule has 1 amide bonds. The summed E-state index contributed by atoms with van der Waals surface area (Å²) in [5.41, 5.74) is 3.27. The van der Waals surface area contributed by atoms with E-state index in [9.17, 15) is 4.79 Å². The quantitative estimate of drug-likeness (QED) is 0.555. The fourth-order valence-electron chi connectivity index (χ4n) is 4.34. The standard InChI is InChI=1S/C25H34N2O2.ClH/c1-18(2)19-12-14-22(15-13-19)26-25(28)29-23-10-7-9-20(16-23)24-11-6-5-8-21(24)17-27(3)4;/h7,9-10,12-16,18,21,24H,5-6,8,11,17H2,1-4H3,(H,26,28);1H/t21-,24+;/m0./s1. The summed E-state index contributed by atoms with van der Waals surface area (Å²) in [5.74, 6) is 2.26. The molecule has 2 atom stereocenters. The monoisotopic (exact) mass is 430 g/mol. The Hall–Kier alpha value is -2.04. The predicted octanol–water partition coefficient (Wildman–Crippen LogP) is 6.68. The normalized spacial score (nSPS) is 18.7. The summed E-state index contributed by atoms with van der Waals surface area (Å²) in [6, 6.07) is 16.0. The molecular formula is C25H35ClN2O2. The van der Waals surface area contributed by atoms with Crippen molar-refractivity contribution in [1.29, 1.82) is 0 Å². The molecule has 1 aliphatic rings. The highest BCUT2D eigenvalue weighted by Crippen LogP contribution is 2.39. The number of rotatable bonds is 6. The molecule has 1 aliphatic carbocycles. The van der Waals surface area contributed by atoms with Gasteiger partial charge in [0, 0.05) is 12.2 Å². The molecule has 0 aliphatic heterocycles. The first kappa shape index (κ1) is 24.2. The second kappa shape index (κ2) is 11.4. The van der Waals surface area contributed by atoms with Crippen molar-refractivity contribution in [2.75, 3.05) is 26.0 Å². The molecule has 0 saturated heterocycles. The van der Waals surface area contributed by atoms with E-state index in [1.165, 1.54) is 36.8 Å². The third kappa shape index (κ3) is 6.75. The van der Waals surface area contributed by atoms with Crippen LogP contribution in [0.2, 0.25) is 0 Å². The molecule has 0 radical (unpaired) electrons. The largest absolute Gasteiger partial charge is 0.417 e. The fourth-order valence-corrected chi connectivity index (χ4v) is 4.34. The van der Waals surface area contributed by atoms with E-state index in [-0.39, 0.29) is 12.4 Å². The maximum atomic E-state index is 12.4. The van der Waals surface area contributed by atoms with Crippen molar-refractivity contribution in [2.24, 2.45) is 5.92 Å². The SMILES string of the molecule is CC(C)c1ccc(NC(=O)Oc2cccc([C@H]3CCCC[C@H]3CN(C)C)c2)cc1.Cl. The maximum Gasteiger partial charge on any atom is 0.417 e. The number of carbonyl (C=O) groups is 1. The number of anilines is 1. The molecule has 1 saturated carbocycles. The Balaban J connectivity index is 0.00000320. The van der Waals surface area contributed by atoms with Gasteiger partial charge in [-0.15, -0.1) is 12.4 Å². The number of hydrogen-bond acceptors (Lipinski definition) is 3. The lowest BCUT2D eigenvalue weighted by molar-refractivity contribution is 0.214. The minimum atomic E-state index is -0.451. The molecule has 0 unspecified atom stereocenters. The van der Waals surface area contributed by atoms with Gasteiger partial charge in [0.05, 0.1) is 0 Å². The molecule has 0 aromatic heterocycles. The van der Waals surface area contributed by atoms with Crippen LogP contribution < -0.4 is 10.1 Å². The zero-order chi connectivity index (χ0) is 20.8. The van der Waals surface area contributed by atoms with Crippen LogP contribution in [0, 0.1) is 5.92 Å². The molecule has 0 spiro atoms. The highest BCUT2D eigenvalue weighted by molar-refractivity contribution is 5.86. The van der Waals surface area contributed by atoms with Crippen molar-refractivity contribution in [3.63, 3.8) is 0 Å². The van der Waals surface area contributed by atoms with Crippen molar-refractivity contribution < 1.29 is 9.53 Å². The van der Waals surface area contributed by atoms with E-state index >= 15 is 0 Å². The molecule has 2 aromatic carbocycles. The van der Waals surface area contributed by atoms with Gasteiger partial charge in [-0.05, 0) is 80.1 Å². The molecule has 164 valence electrons. The lowest BCUT2D eigenvalue weighted by atomic mass is 9.75. The van der Waals surface area contributed by atoms with Gasteiger partial charge in [0.25, 0.3) is 0 Å². The Bertz CT molecular complexity index is 805. The van der Waals surface area contributed by atoms with Gasteiger partial charge in [0.1, 0.15) is 5.75 Å². The average Bonchev–Trinajstić information content (AvgIpc) is 2.68. The van der Waals surface area contributed by atoms with Crippen molar-refractivity contribution in [3.8, 4) is 5.75 Å². The Kier molecular flexibility index (Phi) is 9.19. The van der Waals surface area contributed by atoms with Gasteiger partial charge < -0.3 is 9.64 Å². The van der Waals surface area contributed by atoms with E-state index in [4.69, 9.17) is 4.74 Å². The van der Waals surface area contributed by atoms with Crippen LogP contribution >= 0.6 is 12.4 Å². The molecule has 0 heterocycles. The van der Waals surface area contributed by atoms with Crippen molar-refractivity contribution in [1.82, 2.24) is 4.90 Å². The Morgan fingerprint density at radius 2 is 1.80 bits per heavy atom. The van der Waals surface area contributed by atoms with Crippen molar-refractivity contribution >= 4 is 24.2 Å². The van der Waals surface area contributed by atoms with Gasteiger partial charge in [-0.3, -0.25) is 5.32 Å². The molecule has 5 heteroatoms. The number of nitrogens with one attached hydrogen (secondary N) is 1. The average molecular weight is 431 g/mol. The first-order chi connectivity index (χ1) is 13.9. The number of ether oxygens (including phenoxy) is 1. The van der Waals surface area contributed by atoms with Crippen LogP contribution in [0.15, 0.2) is 48.5 Å². The number of nitrogens with zero attached hydrogens (tertiary/aromatic N) is 1. The van der Waals surface area contributed by atoms with E-state index < -0.39 is 6.09 Å². The number of amides is 1. The minimum absolute atomic E-state index is 0. The van der Waals surface area contributed by atoms with Crippen molar-refractivity contribution in [2.45, 2.75) is 51.4 Å². The molecule has 1 N–H and O–H groups in total. The summed E-state index contributed by atoms with van der Waals surface area (Å²) in [7, 11) is 4.28. The van der Waals surface area contributed by atoms with E-state index in [1.807, 2.05) is 42.5 Å². The minimum Gasteiger partial charge on any atom is -0.410 e. The summed E-state index contributed by atoms with van der Waals surface area (Å²) in [6.07, 6.45) is 4.60. The summed E-state index contributed by atoms with van der Waals surface area (Å²) >= 11 is 0. The number of benzene rings is 2. The van der Waals surface area contributed by atoms with Gasteiger partial charge in [0.2, 0.25) is 0 Å². The van der Waals surface area contributed by atoms with Crippen LogP contribution in [0.25, 0.3) is 0 Å². The summed E-state index contributed by atoms with van der Waals surface area (Å²) in [6.45, 7) is 5.40. The number of halogens is 1. The molecular weight excluding hydrogens is 396 g/mol. The van der Waals surface area contributed by atoms with E-state index in [2.05, 4.69) is 44.2 Å². The van der Waals surface area contributed by atoms with E-state index in [1.54, 1.807) is 0 Å². The summed E-state index contributed by atoms with van der Waals surface area (Å²) in [4.78, 5) is 14.6. The Morgan fingerprint density at radius 1 is 1.10 bits per heavy atom. The van der Waals surface area contributed by atoms with Crippen LogP contribution in [0.4, 0.5) is 10.5 Å². The van der Waals surface area contributed by atoms with Crippen LogP contribution in [0.1, 0.15) is 62.5 Å². The van der Waals surface area contributed by atoms with Crippen LogP contribution in [0.3, 0.4) is 0 Å². The molecule has 2 aromatic rings. The molecule has 0 bridgehead atoms. The first-order valence-electron chi connectivity index (χ1n) is 10.8.